The summed E-state index contributed by atoms with van der Waals surface area (Å²) in [5.41, 5.74) is 1.45. The molecule has 25 heavy (non-hydrogen) atoms. The first-order chi connectivity index (χ1) is 12.4. The lowest BCUT2D eigenvalue weighted by Crippen LogP contribution is -2.40. The van der Waals surface area contributed by atoms with Crippen LogP contribution in [0.1, 0.15) is 82.6 Å². The highest BCUT2D eigenvalue weighted by Gasteiger charge is 2.24. The van der Waals surface area contributed by atoms with Crippen molar-refractivity contribution in [1.29, 1.82) is 0 Å². The maximum absolute atomic E-state index is 4.04. The van der Waals surface area contributed by atoms with Crippen molar-refractivity contribution in [2.45, 2.75) is 95.7 Å². The van der Waals surface area contributed by atoms with E-state index in [9.17, 15) is 0 Å². The van der Waals surface area contributed by atoms with Crippen molar-refractivity contribution >= 4 is 0 Å². The SMILES string of the molecule is c1ccc(CN2CCC(NC3CCCCCCCCCCC3)C2)cc1. The van der Waals surface area contributed by atoms with Gasteiger partial charge in [0, 0.05) is 31.7 Å². The summed E-state index contributed by atoms with van der Waals surface area (Å²) in [6.45, 7) is 3.59. The molecule has 0 bridgehead atoms. The summed E-state index contributed by atoms with van der Waals surface area (Å²) < 4.78 is 0. The molecule has 0 radical (unpaired) electrons. The van der Waals surface area contributed by atoms with E-state index < -0.39 is 0 Å². The molecule has 1 aliphatic carbocycles. The van der Waals surface area contributed by atoms with Crippen LogP contribution in [0.15, 0.2) is 30.3 Å². The van der Waals surface area contributed by atoms with E-state index in [1.165, 1.54) is 95.7 Å². The molecule has 1 unspecified atom stereocenters. The zero-order valence-corrected chi connectivity index (χ0v) is 16.1. The molecule has 1 heterocycles. The Labute approximate surface area is 155 Å². The van der Waals surface area contributed by atoms with Gasteiger partial charge in [0.2, 0.25) is 0 Å². The van der Waals surface area contributed by atoms with Gasteiger partial charge in [0.15, 0.2) is 0 Å². The van der Waals surface area contributed by atoms with Crippen molar-refractivity contribution in [2.24, 2.45) is 0 Å². The van der Waals surface area contributed by atoms with E-state index in [0.29, 0.717) is 6.04 Å². The first-order valence-corrected chi connectivity index (χ1v) is 10.9. The number of benzene rings is 1. The van der Waals surface area contributed by atoms with Gasteiger partial charge >= 0.3 is 0 Å². The minimum atomic E-state index is 0.710. The molecule has 1 N–H and O–H groups in total. The number of rotatable bonds is 4. The molecule has 2 nitrogen and oxygen atoms in total. The minimum Gasteiger partial charge on any atom is -0.310 e. The van der Waals surface area contributed by atoms with Gasteiger partial charge in [-0.2, -0.15) is 0 Å². The molecule has 0 spiro atoms. The molecule has 3 rings (SSSR count). The quantitative estimate of drug-likeness (QED) is 0.774. The van der Waals surface area contributed by atoms with E-state index in [0.717, 1.165) is 12.6 Å². The van der Waals surface area contributed by atoms with Crippen molar-refractivity contribution in [3.63, 3.8) is 0 Å². The van der Waals surface area contributed by atoms with Gasteiger partial charge in [0.1, 0.15) is 0 Å². The summed E-state index contributed by atoms with van der Waals surface area (Å²) in [6, 6.07) is 12.4. The highest BCUT2D eigenvalue weighted by atomic mass is 15.2. The van der Waals surface area contributed by atoms with Gasteiger partial charge in [0.25, 0.3) is 0 Å². The lowest BCUT2D eigenvalue weighted by molar-refractivity contribution is 0.306. The molecule has 0 aromatic heterocycles. The maximum Gasteiger partial charge on any atom is 0.0234 e. The topological polar surface area (TPSA) is 15.3 Å². The van der Waals surface area contributed by atoms with Gasteiger partial charge in [-0.05, 0) is 24.8 Å². The van der Waals surface area contributed by atoms with Crippen LogP contribution in [0.3, 0.4) is 0 Å². The number of likely N-dealkylation sites (tertiary alicyclic amines) is 1. The molecule has 1 aliphatic heterocycles. The second-order valence-corrected chi connectivity index (χ2v) is 8.33. The second kappa shape index (κ2) is 11.0. The smallest absolute Gasteiger partial charge is 0.0234 e. The highest BCUT2D eigenvalue weighted by Crippen LogP contribution is 2.19. The molecule has 1 aromatic carbocycles. The molecule has 2 aliphatic rings. The Kier molecular flexibility index (Phi) is 8.31. The summed E-state index contributed by atoms with van der Waals surface area (Å²) >= 11 is 0. The van der Waals surface area contributed by atoms with Crippen molar-refractivity contribution in [1.82, 2.24) is 10.2 Å². The number of nitrogens with zero attached hydrogens (tertiary/aromatic N) is 1. The maximum atomic E-state index is 4.04. The van der Waals surface area contributed by atoms with E-state index in [4.69, 9.17) is 0 Å². The van der Waals surface area contributed by atoms with Crippen LogP contribution in [0.2, 0.25) is 0 Å². The van der Waals surface area contributed by atoms with Crippen LogP contribution in [0, 0.1) is 0 Å². The van der Waals surface area contributed by atoms with Crippen LogP contribution in [0.4, 0.5) is 0 Å². The lowest BCUT2D eigenvalue weighted by Gasteiger charge is -2.24. The van der Waals surface area contributed by atoms with E-state index in [1.807, 2.05) is 0 Å². The van der Waals surface area contributed by atoms with E-state index in [1.54, 1.807) is 0 Å². The van der Waals surface area contributed by atoms with Crippen molar-refractivity contribution in [3.05, 3.63) is 35.9 Å². The second-order valence-electron chi connectivity index (χ2n) is 8.33. The third kappa shape index (κ3) is 7.11. The summed E-state index contributed by atoms with van der Waals surface area (Å²) in [5, 5.41) is 4.04. The molecule has 1 saturated carbocycles. The van der Waals surface area contributed by atoms with E-state index in [2.05, 4.69) is 40.5 Å². The van der Waals surface area contributed by atoms with Gasteiger partial charge < -0.3 is 5.32 Å². The fraction of sp³-hybridized carbons (Fsp3) is 0.739. The molecule has 0 amide bonds. The zero-order valence-electron chi connectivity index (χ0n) is 16.1. The molecule has 1 aromatic rings. The summed E-state index contributed by atoms with van der Waals surface area (Å²) in [5.74, 6) is 0. The van der Waals surface area contributed by atoms with Gasteiger partial charge in [-0.25, -0.2) is 0 Å². The Morgan fingerprint density at radius 3 is 1.96 bits per heavy atom. The predicted octanol–water partition coefficient (Wildman–Crippen LogP) is 5.52. The largest absolute Gasteiger partial charge is 0.310 e. The molecule has 140 valence electrons. The third-order valence-electron chi connectivity index (χ3n) is 6.10. The Balaban J connectivity index is 1.41. The number of hydrogen-bond acceptors (Lipinski definition) is 2. The normalized spacial score (nSPS) is 25.4. The fourth-order valence-corrected chi connectivity index (χ4v) is 4.62. The first kappa shape index (κ1) is 18.9. The molecule has 2 heteroatoms. The Hall–Kier alpha value is -0.860. The van der Waals surface area contributed by atoms with Gasteiger partial charge in [-0.15, -0.1) is 0 Å². The van der Waals surface area contributed by atoms with Crippen LogP contribution in [0.5, 0.6) is 0 Å². The third-order valence-corrected chi connectivity index (χ3v) is 6.10. The summed E-state index contributed by atoms with van der Waals surface area (Å²) in [7, 11) is 0. The molecule has 1 saturated heterocycles. The molecular formula is C23H38N2. The van der Waals surface area contributed by atoms with Gasteiger partial charge in [-0.1, -0.05) is 88.1 Å². The van der Waals surface area contributed by atoms with Crippen LogP contribution in [-0.4, -0.2) is 30.1 Å². The van der Waals surface area contributed by atoms with Crippen LogP contribution in [-0.2, 0) is 6.54 Å². The Morgan fingerprint density at radius 2 is 1.32 bits per heavy atom. The molecular weight excluding hydrogens is 304 g/mol. The number of nitrogens with one attached hydrogen (secondary N) is 1. The fourth-order valence-electron chi connectivity index (χ4n) is 4.62. The zero-order chi connectivity index (χ0) is 17.2. The minimum absolute atomic E-state index is 0.710. The summed E-state index contributed by atoms with van der Waals surface area (Å²) in [4.78, 5) is 2.63. The predicted molar refractivity (Wildman–Crippen MR) is 108 cm³/mol. The van der Waals surface area contributed by atoms with Gasteiger partial charge in [0.05, 0.1) is 0 Å². The standard InChI is InChI=1S/C23H38N2/c1-2-4-6-11-15-22(16-12-7-5-3-1)24-23-17-18-25(20-23)19-21-13-9-8-10-14-21/h8-10,13-14,22-24H,1-7,11-12,15-20H2. The summed E-state index contributed by atoms with van der Waals surface area (Å²) in [6.07, 6.45) is 17.2. The van der Waals surface area contributed by atoms with Crippen molar-refractivity contribution in [2.75, 3.05) is 13.1 Å². The van der Waals surface area contributed by atoms with Gasteiger partial charge in [-0.3, -0.25) is 4.90 Å². The monoisotopic (exact) mass is 342 g/mol. The van der Waals surface area contributed by atoms with E-state index in [-0.39, 0.29) is 0 Å². The van der Waals surface area contributed by atoms with Crippen molar-refractivity contribution < 1.29 is 0 Å². The molecule has 1 atom stereocenters. The average molecular weight is 343 g/mol. The van der Waals surface area contributed by atoms with Crippen LogP contribution < -0.4 is 5.32 Å². The first-order valence-electron chi connectivity index (χ1n) is 10.9. The molecule has 2 fully saturated rings. The van der Waals surface area contributed by atoms with Crippen LogP contribution in [0.25, 0.3) is 0 Å². The number of hydrogen-bond donors (Lipinski definition) is 1. The average Bonchev–Trinajstić information content (AvgIpc) is 3.05. The Bertz CT molecular complexity index is 446. The Morgan fingerprint density at radius 1 is 0.720 bits per heavy atom. The van der Waals surface area contributed by atoms with Crippen molar-refractivity contribution in [3.8, 4) is 0 Å². The van der Waals surface area contributed by atoms with Crippen LogP contribution >= 0.6 is 0 Å². The lowest BCUT2D eigenvalue weighted by atomic mass is 9.97. The van der Waals surface area contributed by atoms with E-state index >= 15 is 0 Å². The highest BCUT2D eigenvalue weighted by molar-refractivity contribution is 5.14.